The number of ether oxygens (including phenoxy) is 1. The van der Waals surface area contributed by atoms with Crippen molar-refractivity contribution in [2.75, 3.05) is 0 Å². The molecule has 0 aliphatic heterocycles. The number of carboxylic acid groups (broad SMARTS) is 1. The molecule has 0 radical (unpaired) electrons. The third-order valence-electron chi connectivity index (χ3n) is 9.35. The highest BCUT2D eigenvalue weighted by molar-refractivity contribution is 5.93. The third kappa shape index (κ3) is 4.03. The number of carboxylic acids is 1. The molecule has 0 heterocycles. The zero-order valence-corrected chi connectivity index (χ0v) is 21.4. The Balaban J connectivity index is 1.32. The van der Waals surface area contributed by atoms with E-state index in [4.69, 9.17) is 4.74 Å². The molecule has 4 heteroatoms. The van der Waals surface area contributed by atoms with Crippen LogP contribution in [0.1, 0.15) is 60.0 Å². The smallest absolute Gasteiger partial charge is 0.339 e. The molecule has 192 valence electrons. The van der Waals surface area contributed by atoms with Crippen molar-refractivity contribution < 1.29 is 19.7 Å². The third-order valence-corrected chi connectivity index (χ3v) is 9.35. The first kappa shape index (κ1) is 23.3. The molecule has 0 aromatic heterocycles. The predicted octanol–water partition coefficient (Wildman–Crippen LogP) is 7.96. The highest BCUT2D eigenvalue weighted by Gasteiger charge is 2.52. The van der Waals surface area contributed by atoms with Gasteiger partial charge in [0.2, 0.25) is 0 Å². The second-order valence-corrected chi connectivity index (χ2v) is 11.9. The van der Waals surface area contributed by atoms with E-state index < -0.39 is 5.97 Å². The van der Waals surface area contributed by atoms with Gasteiger partial charge in [0.25, 0.3) is 0 Å². The number of rotatable bonds is 6. The molecule has 4 aliphatic rings. The maximum Gasteiger partial charge on any atom is 0.339 e. The summed E-state index contributed by atoms with van der Waals surface area (Å²) in [5.41, 5.74) is 4.39. The summed E-state index contributed by atoms with van der Waals surface area (Å²) in [4.78, 5) is 11.3. The van der Waals surface area contributed by atoms with Crippen molar-refractivity contribution in [1.82, 2.24) is 0 Å². The number of hydrogen-bond donors (Lipinski definition) is 2. The summed E-state index contributed by atoms with van der Waals surface area (Å²) in [6.45, 7) is 0.555. The maximum absolute atomic E-state index is 11.3. The number of carbonyl (C=O) groups is 1. The minimum atomic E-state index is -1.13. The number of fused-ring (bicyclic) bond motifs is 1. The Bertz CT molecular complexity index is 1500. The van der Waals surface area contributed by atoms with Gasteiger partial charge in [0.05, 0.1) is 0 Å². The van der Waals surface area contributed by atoms with Gasteiger partial charge in [-0.3, -0.25) is 0 Å². The Morgan fingerprint density at radius 1 is 0.789 bits per heavy atom. The van der Waals surface area contributed by atoms with E-state index in [1.54, 1.807) is 12.1 Å². The van der Waals surface area contributed by atoms with Crippen LogP contribution in [0, 0.1) is 17.8 Å². The van der Waals surface area contributed by atoms with Gasteiger partial charge >= 0.3 is 5.97 Å². The summed E-state index contributed by atoms with van der Waals surface area (Å²) in [6, 6.07) is 26.0. The van der Waals surface area contributed by atoms with E-state index in [1.807, 2.05) is 12.1 Å². The molecule has 0 unspecified atom stereocenters. The Labute approximate surface area is 222 Å². The number of aromatic carboxylic acids is 1. The van der Waals surface area contributed by atoms with E-state index in [9.17, 15) is 15.0 Å². The quantitative estimate of drug-likeness (QED) is 0.280. The highest BCUT2D eigenvalue weighted by atomic mass is 16.5. The lowest BCUT2D eigenvalue weighted by Gasteiger charge is -2.57. The lowest BCUT2D eigenvalue weighted by Crippen LogP contribution is -2.48. The van der Waals surface area contributed by atoms with Crippen LogP contribution in [-0.4, -0.2) is 16.2 Å². The number of phenols is 1. The van der Waals surface area contributed by atoms with Gasteiger partial charge < -0.3 is 14.9 Å². The van der Waals surface area contributed by atoms with Gasteiger partial charge in [0, 0.05) is 5.56 Å². The van der Waals surface area contributed by atoms with Gasteiger partial charge in [0.15, 0.2) is 0 Å². The van der Waals surface area contributed by atoms with Crippen molar-refractivity contribution in [1.29, 1.82) is 0 Å². The van der Waals surface area contributed by atoms with E-state index in [0.29, 0.717) is 6.61 Å². The van der Waals surface area contributed by atoms with Crippen LogP contribution in [0.4, 0.5) is 0 Å². The molecule has 0 amide bonds. The van der Waals surface area contributed by atoms with Crippen molar-refractivity contribution in [3.05, 3.63) is 95.6 Å². The summed E-state index contributed by atoms with van der Waals surface area (Å²) in [6.07, 6.45) is 7.97. The van der Waals surface area contributed by atoms with Gasteiger partial charge in [-0.1, -0.05) is 48.5 Å². The van der Waals surface area contributed by atoms with Crippen molar-refractivity contribution in [2.45, 2.75) is 50.5 Å². The fourth-order valence-electron chi connectivity index (χ4n) is 8.06. The van der Waals surface area contributed by atoms with Crippen molar-refractivity contribution >= 4 is 16.7 Å². The first-order chi connectivity index (χ1) is 18.5. The molecule has 38 heavy (non-hydrogen) atoms. The Kier molecular flexibility index (Phi) is 5.47. The molecule has 0 saturated heterocycles. The van der Waals surface area contributed by atoms with Crippen molar-refractivity contribution in [2.24, 2.45) is 17.8 Å². The van der Waals surface area contributed by atoms with Crippen molar-refractivity contribution in [3.8, 4) is 22.6 Å². The van der Waals surface area contributed by atoms with E-state index in [1.165, 1.54) is 55.7 Å². The molecule has 4 aliphatic carbocycles. The Morgan fingerprint density at radius 3 is 2.11 bits per heavy atom. The molecule has 4 aromatic carbocycles. The second-order valence-electron chi connectivity index (χ2n) is 11.9. The topological polar surface area (TPSA) is 66.8 Å². The average Bonchev–Trinajstić information content (AvgIpc) is 2.90. The highest BCUT2D eigenvalue weighted by Crippen LogP contribution is 2.62. The predicted molar refractivity (Wildman–Crippen MR) is 149 cm³/mol. The van der Waals surface area contributed by atoms with Crippen LogP contribution in [0.15, 0.2) is 78.9 Å². The monoisotopic (exact) mass is 504 g/mol. The SMILES string of the molecule is O=C(O)c1ccc(-c2ccc3cc(OCc4ccccc4)c(C45CC6CC(CC(C6)C4)C5)cc3c2)cc1O. The van der Waals surface area contributed by atoms with E-state index in [2.05, 4.69) is 48.5 Å². The summed E-state index contributed by atoms with van der Waals surface area (Å²) in [5.74, 6) is 2.17. The molecule has 4 fully saturated rings. The fraction of sp³-hybridized carbons (Fsp3) is 0.324. The van der Waals surface area contributed by atoms with E-state index in [-0.39, 0.29) is 16.7 Å². The number of aromatic hydroxyl groups is 1. The molecular formula is C34H32O4. The standard InChI is InChI=1S/C34H32O4/c35-31-15-26(8-9-29(31)33(36)37)25-6-7-27-16-32(38-20-21-4-2-1-3-5-21)30(14-28(27)13-25)34-17-22-10-23(18-34)12-24(11-22)19-34/h1-9,13-16,22-24,35H,10-12,17-20H2,(H,36,37). The molecule has 4 nitrogen and oxygen atoms in total. The Morgan fingerprint density at radius 2 is 1.45 bits per heavy atom. The summed E-state index contributed by atoms with van der Waals surface area (Å²) >= 11 is 0. The van der Waals surface area contributed by atoms with Crippen LogP contribution in [0.3, 0.4) is 0 Å². The minimum absolute atomic E-state index is 0.0844. The van der Waals surface area contributed by atoms with Crippen LogP contribution in [0.2, 0.25) is 0 Å². The first-order valence-electron chi connectivity index (χ1n) is 13.8. The first-order valence-corrected chi connectivity index (χ1v) is 13.8. The zero-order valence-electron chi connectivity index (χ0n) is 21.4. The summed E-state index contributed by atoms with van der Waals surface area (Å²) in [7, 11) is 0. The molecular weight excluding hydrogens is 472 g/mol. The molecule has 0 spiro atoms. The Hall–Kier alpha value is -3.79. The van der Waals surface area contributed by atoms with Gasteiger partial charge in [0.1, 0.15) is 23.7 Å². The number of hydrogen-bond acceptors (Lipinski definition) is 3. The average molecular weight is 505 g/mol. The molecule has 4 saturated carbocycles. The summed E-state index contributed by atoms with van der Waals surface area (Å²) in [5, 5.41) is 21.8. The molecule has 2 N–H and O–H groups in total. The molecule has 8 rings (SSSR count). The molecule has 4 aromatic rings. The lowest BCUT2D eigenvalue weighted by atomic mass is 9.48. The van der Waals surface area contributed by atoms with Crippen LogP contribution >= 0.6 is 0 Å². The maximum atomic E-state index is 11.3. The largest absolute Gasteiger partial charge is 0.507 e. The number of benzene rings is 4. The van der Waals surface area contributed by atoms with Gasteiger partial charge in [-0.15, -0.1) is 0 Å². The minimum Gasteiger partial charge on any atom is -0.507 e. The summed E-state index contributed by atoms with van der Waals surface area (Å²) < 4.78 is 6.60. The van der Waals surface area contributed by atoms with Gasteiger partial charge in [-0.05, 0) is 119 Å². The normalized spacial score (nSPS) is 25.5. The van der Waals surface area contributed by atoms with Crippen LogP contribution < -0.4 is 4.74 Å². The fourth-order valence-corrected chi connectivity index (χ4v) is 8.06. The zero-order chi connectivity index (χ0) is 25.9. The van der Waals surface area contributed by atoms with Crippen LogP contribution in [0.25, 0.3) is 21.9 Å². The second kappa shape index (κ2) is 8.90. The van der Waals surface area contributed by atoms with E-state index >= 15 is 0 Å². The lowest BCUT2D eigenvalue weighted by molar-refractivity contribution is -0.00640. The molecule has 0 atom stereocenters. The van der Waals surface area contributed by atoms with Crippen molar-refractivity contribution in [3.63, 3.8) is 0 Å². The van der Waals surface area contributed by atoms with Gasteiger partial charge in [-0.2, -0.15) is 0 Å². The van der Waals surface area contributed by atoms with E-state index in [0.717, 1.165) is 45.4 Å². The van der Waals surface area contributed by atoms with Gasteiger partial charge in [-0.25, -0.2) is 4.79 Å². The van der Waals surface area contributed by atoms with Crippen LogP contribution in [-0.2, 0) is 12.0 Å². The molecule has 4 bridgehead atoms. The van der Waals surface area contributed by atoms with Crippen LogP contribution in [0.5, 0.6) is 11.5 Å².